The van der Waals surface area contributed by atoms with E-state index in [4.69, 9.17) is 4.42 Å². The minimum absolute atomic E-state index is 0.293. The molecule has 17 heavy (non-hydrogen) atoms. The largest absolute Gasteiger partial charge is 0.463 e. The first-order valence-electron chi connectivity index (χ1n) is 6.04. The summed E-state index contributed by atoms with van der Waals surface area (Å²) < 4.78 is 10.1. The molecular formula is C13H18O3S. The van der Waals surface area contributed by atoms with Gasteiger partial charge in [-0.2, -0.15) is 0 Å². The van der Waals surface area contributed by atoms with Crippen molar-refractivity contribution in [1.29, 1.82) is 0 Å². The maximum absolute atomic E-state index is 11.3. The Morgan fingerprint density at radius 1 is 1.47 bits per heavy atom. The minimum atomic E-state index is -0.408. The van der Waals surface area contributed by atoms with Crippen molar-refractivity contribution in [1.82, 2.24) is 0 Å². The molecule has 0 radical (unpaired) electrons. The molecule has 1 aromatic heterocycles. The van der Waals surface area contributed by atoms with Crippen molar-refractivity contribution >= 4 is 17.7 Å². The molecule has 1 heterocycles. The fraction of sp³-hybridized carbons (Fsp3) is 0.615. The second-order valence-electron chi connectivity index (χ2n) is 4.38. The summed E-state index contributed by atoms with van der Waals surface area (Å²) in [4.78, 5) is 11.3. The van der Waals surface area contributed by atoms with Gasteiger partial charge in [0.1, 0.15) is 5.76 Å². The molecule has 1 saturated carbocycles. The molecule has 1 aliphatic rings. The average molecular weight is 254 g/mol. The highest BCUT2D eigenvalue weighted by molar-refractivity contribution is 8.00. The molecule has 1 unspecified atom stereocenters. The quantitative estimate of drug-likeness (QED) is 0.766. The van der Waals surface area contributed by atoms with Crippen molar-refractivity contribution < 1.29 is 13.9 Å². The lowest BCUT2D eigenvalue weighted by Gasteiger charge is -2.13. The van der Waals surface area contributed by atoms with Gasteiger partial charge >= 0.3 is 5.97 Å². The van der Waals surface area contributed by atoms with Gasteiger partial charge in [0.25, 0.3) is 0 Å². The summed E-state index contributed by atoms with van der Waals surface area (Å²) in [5.41, 5.74) is 0. The van der Waals surface area contributed by atoms with E-state index in [0.717, 1.165) is 11.0 Å². The summed E-state index contributed by atoms with van der Waals surface area (Å²) in [5.74, 6) is 0.748. The van der Waals surface area contributed by atoms with Crippen LogP contribution in [0.4, 0.5) is 0 Å². The van der Waals surface area contributed by atoms with Crippen LogP contribution >= 0.6 is 11.8 Å². The van der Waals surface area contributed by atoms with Crippen molar-refractivity contribution in [2.75, 3.05) is 7.11 Å². The molecule has 2 rings (SSSR count). The van der Waals surface area contributed by atoms with Crippen LogP contribution in [0, 0.1) is 0 Å². The Bertz CT molecular complexity index is 380. The predicted octanol–water partition coefficient (Wildman–Crippen LogP) is 3.80. The zero-order valence-corrected chi connectivity index (χ0v) is 11.1. The second-order valence-corrected chi connectivity index (χ2v) is 6.02. The van der Waals surface area contributed by atoms with Crippen LogP contribution in [-0.2, 0) is 4.74 Å². The van der Waals surface area contributed by atoms with Gasteiger partial charge in [-0.15, -0.1) is 11.8 Å². The lowest BCUT2D eigenvalue weighted by molar-refractivity contribution is 0.0563. The standard InChI is InChI=1S/C13H18O3S/c1-9(17-10-5-3-4-6-10)11-7-8-12(16-11)13(14)15-2/h7-10H,3-6H2,1-2H3. The number of carbonyl (C=O) groups excluding carboxylic acids is 1. The summed E-state index contributed by atoms with van der Waals surface area (Å²) >= 11 is 1.95. The fourth-order valence-corrected chi connectivity index (χ4v) is 3.61. The van der Waals surface area contributed by atoms with E-state index < -0.39 is 5.97 Å². The Labute approximate surface area is 106 Å². The number of carbonyl (C=O) groups is 1. The normalized spacial score (nSPS) is 18.2. The van der Waals surface area contributed by atoms with Crippen molar-refractivity contribution in [3.63, 3.8) is 0 Å². The van der Waals surface area contributed by atoms with Crippen LogP contribution in [0.2, 0.25) is 0 Å². The molecule has 94 valence electrons. The molecule has 3 nitrogen and oxygen atoms in total. The highest BCUT2D eigenvalue weighted by Crippen LogP contribution is 2.39. The SMILES string of the molecule is COC(=O)c1ccc(C(C)SC2CCCC2)o1. The lowest BCUT2D eigenvalue weighted by Crippen LogP contribution is -1.99. The Morgan fingerprint density at radius 2 is 2.18 bits per heavy atom. The van der Waals surface area contributed by atoms with Gasteiger partial charge in [-0.05, 0) is 31.9 Å². The first-order valence-corrected chi connectivity index (χ1v) is 6.98. The molecule has 0 aliphatic heterocycles. The minimum Gasteiger partial charge on any atom is -0.463 e. The highest BCUT2D eigenvalue weighted by atomic mass is 32.2. The summed E-state index contributed by atoms with van der Waals surface area (Å²) in [7, 11) is 1.36. The third-order valence-corrected chi connectivity index (χ3v) is 4.61. The number of hydrogen-bond donors (Lipinski definition) is 0. The van der Waals surface area contributed by atoms with Crippen molar-refractivity contribution in [3.05, 3.63) is 23.7 Å². The zero-order chi connectivity index (χ0) is 12.3. The van der Waals surface area contributed by atoms with Crippen LogP contribution in [0.5, 0.6) is 0 Å². The molecular weight excluding hydrogens is 236 g/mol. The number of methoxy groups -OCH3 is 1. The number of rotatable bonds is 4. The topological polar surface area (TPSA) is 39.4 Å². The molecule has 0 saturated heterocycles. The summed E-state index contributed by atoms with van der Waals surface area (Å²) in [6.07, 6.45) is 5.30. The third kappa shape index (κ3) is 3.06. The van der Waals surface area contributed by atoms with Crippen LogP contribution in [-0.4, -0.2) is 18.3 Å². The first-order chi connectivity index (χ1) is 8.20. The molecule has 1 atom stereocenters. The fourth-order valence-electron chi connectivity index (χ4n) is 2.16. The number of esters is 1. The van der Waals surface area contributed by atoms with Crippen molar-refractivity contribution in [2.24, 2.45) is 0 Å². The molecule has 1 aromatic rings. The Kier molecular flexibility index (Phi) is 4.15. The molecule has 1 fully saturated rings. The number of thioether (sulfide) groups is 1. The lowest BCUT2D eigenvalue weighted by atomic mass is 10.3. The van der Waals surface area contributed by atoms with E-state index in [0.29, 0.717) is 11.0 Å². The smallest absolute Gasteiger partial charge is 0.373 e. The van der Waals surface area contributed by atoms with E-state index in [1.165, 1.54) is 32.8 Å². The predicted molar refractivity (Wildman–Crippen MR) is 68.3 cm³/mol. The molecule has 0 N–H and O–H groups in total. The average Bonchev–Trinajstić information content (AvgIpc) is 2.98. The Morgan fingerprint density at radius 3 is 2.82 bits per heavy atom. The van der Waals surface area contributed by atoms with Gasteiger partial charge in [-0.3, -0.25) is 0 Å². The van der Waals surface area contributed by atoms with Crippen molar-refractivity contribution in [2.45, 2.75) is 43.1 Å². The van der Waals surface area contributed by atoms with Crippen LogP contribution in [0.25, 0.3) is 0 Å². The van der Waals surface area contributed by atoms with Gasteiger partial charge in [0, 0.05) is 5.25 Å². The monoisotopic (exact) mass is 254 g/mol. The summed E-state index contributed by atoms with van der Waals surface area (Å²) in [6, 6.07) is 3.56. The van der Waals surface area contributed by atoms with Gasteiger partial charge in [0.2, 0.25) is 5.76 Å². The van der Waals surface area contributed by atoms with Crippen molar-refractivity contribution in [3.8, 4) is 0 Å². The zero-order valence-electron chi connectivity index (χ0n) is 10.3. The molecule has 0 aromatic carbocycles. The number of furan rings is 1. The Hall–Kier alpha value is -0.900. The summed E-state index contributed by atoms with van der Waals surface area (Å²) in [5, 5.41) is 1.05. The highest BCUT2D eigenvalue weighted by Gasteiger charge is 2.22. The van der Waals surface area contributed by atoms with Crippen LogP contribution in [0.15, 0.2) is 16.5 Å². The maximum Gasteiger partial charge on any atom is 0.373 e. The van der Waals surface area contributed by atoms with E-state index in [9.17, 15) is 4.79 Å². The van der Waals surface area contributed by atoms with Gasteiger partial charge < -0.3 is 9.15 Å². The number of ether oxygens (including phenoxy) is 1. The van der Waals surface area contributed by atoms with E-state index in [1.54, 1.807) is 6.07 Å². The van der Waals surface area contributed by atoms with Crippen LogP contribution < -0.4 is 0 Å². The second kappa shape index (κ2) is 5.63. The van der Waals surface area contributed by atoms with Gasteiger partial charge in [-0.25, -0.2) is 4.79 Å². The number of hydrogen-bond acceptors (Lipinski definition) is 4. The van der Waals surface area contributed by atoms with Gasteiger partial charge in [-0.1, -0.05) is 12.8 Å². The molecule has 0 spiro atoms. The van der Waals surface area contributed by atoms with Crippen LogP contribution in [0.1, 0.15) is 54.2 Å². The van der Waals surface area contributed by atoms with Gasteiger partial charge in [0.05, 0.1) is 12.4 Å². The maximum atomic E-state index is 11.3. The first kappa shape index (κ1) is 12.6. The Balaban J connectivity index is 1.96. The van der Waals surface area contributed by atoms with Gasteiger partial charge in [0.15, 0.2) is 0 Å². The van der Waals surface area contributed by atoms with E-state index >= 15 is 0 Å². The molecule has 0 bridgehead atoms. The molecule has 0 amide bonds. The van der Waals surface area contributed by atoms with E-state index in [2.05, 4.69) is 11.7 Å². The van der Waals surface area contributed by atoms with E-state index in [1.807, 2.05) is 17.8 Å². The third-order valence-electron chi connectivity index (χ3n) is 3.11. The molecule has 4 heteroatoms. The van der Waals surface area contributed by atoms with Crippen LogP contribution in [0.3, 0.4) is 0 Å². The van der Waals surface area contributed by atoms with E-state index in [-0.39, 0.29) is 0 Å². The molecule has 1 aliphatic carbocycles. The summed E-state index contributed by atoms with van der Waals surface area (Å²) in [6.45, 7) is 2.13.